The molecule has 1 saturated heterocycles. The predicted octanol–water partition coefficient (Wildman–Crippen LogP) is 3.79. The minimum Gasteiger partial charge on any atom is -0.439 e. The lowest BCUT2D eigenvalue weighted by atomic mass is 10.2. The summed E-state index contributed by atoms with van der Waals surface area (Å²) in [4.78, 5) is 24.9. The lowest BCUT2D eigenvalue weighted by Gasteiger charge is -2.35. The second kappa shape index (κ2) is 10.2. The molecule has 8 heteroatoms. The molecule has 31 heavy (non-hydrogen) atoms. The van der Waals surface area contributed by atoms with Crippen LogP contribution in [0.4, 0.5) is 5.82 Å². The van der Waals surface area contributed by atoms with Crippen LogP contribution in [0.5, 0.6) is 11.6 Å². The van der Waals surface area contributed by atoms with Crippen molar-refractivity contribution in [2.75, 3.05) is 37.7 Å². The number of amides is 1. The van der Waals surface area contributed by atoms with Gasteiger partial charge in [-0.25, -0.2) is 9.97 Å². The number of ether oxygens (including phenoxy) is 2. The smallest absolute Gasteiger partial charge is 0.248 e. The van der Waals surface area contributed by atoms with Crippen molar-refractivity contribution in [2.24, 2.45) is 0 Å². The van der Waals surface area contributed by atoms with E-state index in [2.05, 4.69) is 14.9 Å². The first-order chi connectivity index (χ1) is 15.2. The van der Waals surface area contributed by atoms with Crippen LogP contribution < -0.4 is 9.64 Å². The van der Waals surface area contributed by atoms with Crippen molar-refractivity contribution in [3.05, 3.63) is 77.6 Å². The molecule has 1 fully saturated rings. The summed E-state index contributed by atoms with van der Waals surface area (Å²) >= 11 is 5.91. The average molecular weight is 439 g/mol. The minimum atomic E-state index is 0.00466. The van der Waals surface area contributed by atoms with Gasteiger partial charge in [0.1, 0.15) is 24.5 Å². The number of hydrogen-bond donors (Lipinski definition) is 0. The van der Waals surface area contributed by atoms with Gasteiger partial charge in [-0.15, -0.1) is 0 Å². The van der Waals surface area contributed by atoms with Crippen LogP contribution in [0.1, 0.15) is 5.56 Å². The number of rotatable bonds is 7. The number of piperazine rings is 1. The van der Waals surface area contributed by atoms with Crippen LogP contribution >= 0.6 is 11.6 Å². The topological polar surface area (TPSA) is 67.8 Å². The van der Waals surface area contributed by atoms with Crippen LogP contribution in [0.25, 0.3) is 0 Å². The Morgan fingerprint density at radius 3 is 2.45 bits per heavy atom. The van der Waals surface area contributed by atoms with E-state index in [0.29, 0.717) is 49.4 Å². The number of nitrogens with zero attached hydrogens (tertiary/aromatic N) is 4. The van der Waals surface area contributed by atoms with Crippen LogP contribution in [0, 0.1) is 0 Å². The molecule has 1 aliphatic rings. The Bertz CT molecular complexity index is 993. The average Bonchev–Trinajstić information content (AvgIpc) is 2.81. The molecule has 0 unspecified atom stereocenters. The third kappa shape index (κ3) is 5.93. The first kappa shape index (κ1) is 21.1. The second-order valence-corrected chi connectivity index (χ2v) is 7.55. The molecule has 0 radical (unpaired) electrons. The van der Waals surface area contributed by atoms with Gasteiger partial charge in [0.15, 0.2) is 0 Å². The van der Waals surface area contributed by atoms with Crippen molar-refractivity contribution in [1.82, 2.24) is 14.9 Å². The Kier molecular flexibility index (Phi) is 6.96. The van der Waals surface area contributed by atoms with Crippen molar-refractivity contribution in [1.29, 1.82) is 0 Å². The van der Waals surface area contributed by atoms with Gasteiger partial charge in [0.25, 0.3) is 0 Å². The highest BCUT2D eigenvalue weighted by Crippen LogP contribution is 2.24. The van der Waals surface area contributed by atoms with Gasteiger partial charge in [-0.2, -0.15) is 0 Å². The Balaban J connectivity index is 1.26. The molecule has 0 spiro atoms. The molecule has 1 aromatic heterocycles. The van der Waals surface area contributed by atoms with E-state index in [1.807, 2.05) is 35.2 Å². The highest BCUT2D eigenvalue weighted by Gasteiger charge is 2.22. The fourth-order valence-electron chi connectivity index (χ4n) is 3.29. The lowest BCUT2D eigenvalue weighted by molar-refractivity contribution is -0.136. The maximum atomic E-state index is 12.4. The highest BCUT2D eigenvalue weighted by molar-refractivity contribution is 6.30. The van der Waals surface area contributed by atoms with Gasteiger partial charge in [-0.1, -0.05) is 41.9 Å². The number of aromatic nitrogens is 2. The Hall–Kier alpha value is -3.16. The largest absolute Gasteiger partial charge is 0.439 e. The monoisotopic (exact) mass is 438 g/mol. The summed E-state index contributed by atoms with van der Waals surface area (Å²) in [5, 5.41) is 0.647. The van der Waals surface area contributed by atoms with E-state index in [1.54, 1.807) is 30.3 Å². The normalized spacial score (nSPS) is 13.8. The zero-order chi connectivity index (χ0) is 21.5. The number of halogens is 1. The molecule has 7 nitrogen and oxygen atoms in total. The van der Waals surface area contributed by atoms with E-state index in [-0.39, 0.29) is 12.5 Å². The lowest BCUT2D eigenvalue weighted by Crippen LogP contribution is -2.50. The van der Waals surface area contributed by atoms with Gasteiger partial charge in [-0.3, -0.25) is 4.79 Å². The SMILES string of the molecule is O=C(COCc1ccccc1)N1CCN(c2cc(Oc3ccc(Cl)cc3)ncn2)CC1. The Labute approximate surface area is 186 Å². The van der Waals surface area contributed by atoms with Gasteiger partial charge < -0.3 is 19.3 Å². The van der Waals surface area contributed by atoms with E-state index in [9.17, 15) is 4.79 Å². The molecule has 2 aromatic carbocycles. The number of carbonyl (C=O) groups is 1. The fraction of sp³-hybridized carbons (Fsp3) is 0.261. The minimum absolute atomic E-state index is 0.00466. The third-order valence-electron chi connectivity index (χ3n) is 4.96. The van der Waals surface area contributed by atoms with Crippen molar-refractivity contribution < 1.29 is 14.3 Å². The molecule has 1 amide bonds. The van der Waals surface area contributed by atoms with Gasteiger partial charge in [-0.05, 0) is 29.8 Å². The van der Waals surface area contributed by atoms with Crippen LogP contribution in [0.2, 0.25) is 5.02 Å². The summed E-state index contributed by atoms with van der Waals surface area (Å²) < 4.78 is 11.4. The van der Waals surface area contributed by atoms with Crippen LogP contribution in [-0.2, 0) is 16.1 Å². The molecule has 160 valence electrons. The van der Waals surface area contributed by atoms with Crippen molar-refractivity contribution in [3.63, 3.8) is 0 Å². The molecule has 0 atom stereocenters. The molecule has 0 bridgehead atoms. The maximum absolute atomic E-state index is 12.4. The van der Waals surface area contributed by atoms with Gasteiger partial charge in [0.2, 0.25) is 11.8 Å². The predicted molar refractivity (Wildman–Crippen MR) is 118 cm³/mol. The first-order valence-electron chi connectivity index (χ1n) is 10.1. The first-order valence-corrected chi connectivity index (χ1v) is 10.4. The molecule has 0 aliphatic carbocycles. The van der Waals surface area contributed by atoms with E-state index >= 15 is 0 Å². The van der Waals surface area contributed by atoms with E-state index in [1.165, 1.54) is 6.33 Å². The maximum Gasteiger partial charge on any atom is 0.248 e. The van der Waals surface area contributed by atoms with E-state index in [4.69, 9.17) is 21.1 Å². The Morgan fingerprint density at radius 1 is 0.968 bits per heavy atom. The quantitative estimate of drug-likeness (QED) is 0.559. The standard InChI is InChI=1S/C23H23ClN4O3/c24-19-6-8-20(9-7-19)31-22-14-21(25-17-26-22)27-10-12-28(13-11-27)23(29)16-30-15-18-4-2-1-3-5-18/h1-9,14,17H,10-13,15-16H2. The van der Waals surface area contributed by atoms with Crippen LogP contribution in [0.3, 0.4) is 0 Å². The molecule has 0 saturated carbocycles. The zero-order valence-electron chi connectivity index (χ0n) is 17.0. The number of hydrogen-bond acceptors (Lipinski definition) is 6. The summed E-state index contributed by atoms with van der Waals surface area (Å²) in [7, 11) is 0. The van der Waals surface area contributed by atoms with Crippen molar-refractivity contribution in [3.8, 4) is 11.6 Å². The van der Waals surface area contributed by atoms with Gasteiger partial charge in [0, 0.05) is 37.3 Å². The van der Waals surface area contributed by atoms with Crippen LogP contribution in [0.15, 0.2) is 67.0 Å². The zero-order valence-corrected chi connectivity index (χ0v) is 17.7. The summed E-state index contributed by atoms with van der Waals surface area (Å²) in [6.45, 7) is 3.12. The summed E-state index contributed by atoms with van der Waals surface area (Å²) in [5.74, 6) is 1.89. The van der Waals surface area contributed by atoms with E-state index in [0.717, 1.165) is 11.4 Å². The highest BCUT2D eigenvalue weighted by atomic mass is 35.5. The molecular formula is C23H23ClN4O3. The Morgan fingerprint density at radius 2 is 1.71 bits per heavy atom. The number of benzene rings is 2. The third-order valence-corrected chi connectivity index (χ3v) is 5.21. The fourth-order valence-corrected chi connectivity index (χ4v) is 3.41. The summed E-state index contributed by atoms with van der Waals surface area (Å²) in [6, 6.07) is 18.7. The van der Waals surface area contributed by atoms with Crippen molar-refractivity contribution in [2.45, 2.75) is 6.61 Å². The summed E-state index contributed by atoms with van der Waals surface area (Å²) in [5.41, 5.74) is 1.06. The van der Waals surface area contributed by atoms with Crippen LogP contribution in [-0.4, -0.2) is 53.6 Å². The van der Waals surface area contributed by atoms with Gasteiger partial charge >= 0.3 is 0 Å². The molecule has 0 N–H and O–H groups in total. The molecule has 1 aliphatic heterocycles. The molecular weight excluding hydrogens is 416 g/mol. The van der Waals surface area contributed by atoms with Gasteiger partial charge in [0.05, 0.1) is 6.61 Å². The molecule has 2 heterocycles. The van der Waals surface area contributed by atoms with E-state index < -0.39 is 0 Å². The molecule has 4 rings (SSSR count). The number of anilines is 1. The van der Waals surface area contributed by atoms with Crippen molar-refractivity contribution >= 4 is 23.3 Å². The second-order valence-electron chi connectivity index (χ2n) is 7.12. The number of carbonyl (C=O) groups excluding carboxylic acids is 1. The molecule has 3 aromatic rings. The summed E-state index contributed by atoms with van der Waals surface area (Å²) in [6.07, 6.45) is 1.48.